The molecule has 0 spiro atoms. The molecule has 1 aliphatic rings. The number of rotatable bonds is 6. The Hall–Kier alpha value is -2.44. The molecule has 0 unspecified atom stereocenters. The van der Waals surface area contributed by atoms with Crippen LogP contribution in [0.4, 0.5) is 5.82 Å². The fourth-order valence-corrected chi connectivity index (χ4v) is 3.32. The summed E-state index contributed by atoms with van der Waals surface area (Å²) < 4.78 is 2.01. The van der Waals surface area contributed by atoms with Crippen molar-refractivity contribution in [3.8, 4) is 0 Å². The summed E-state index contributed by atoms with van der Waals surface area (Å²) in [5.41, 5.74) is 0.955. The number of aromatic nitrogens is 4. The van der Waals surface area contributed by atoms with E-state index in [1.807, 2.05) is 47.6 Å². The van der Waals surface area contributed by atoms with E-state index < -0.39 is 0 Å². The van der Waals surface area contributed by atoms with E-state index in [4.69, 9.17) is 0 Å². The second-order valence-corrected chi connectivity index (χ2v) is 6.74. The summed E-state index contributed by atoms with van der Waals surface area (Å²) in [6.07, 6.45) is 8.85. The van der Waals surface area contributed by atoms with Gasteiger partial charge in [0.15, 0.2) is 0 Å². The van der Waals surface area contributed by atoms with Crippen molar-refractivity contribution < 1.29 is 4.79 Å². The minimum absolute atomic E-state index is 0.0705. The first-order chi connectivity index (χ1) is 12.0. The van der Waals surface area contributed by atoms with Crippen LogP contribution in [0.1, 0.15) is 43.2 Å². The number of aryl methyl sites for hydroxylation is 2. The van der Waals surface area contributed by atoms with Crippen molar-refractivity contribution in [3.63, 3.8) is 0 Å². The van der Waals surface area contributed by atoms with Crippen LogP contribution in [0.3, 0.4) is 0 Å². The van der Waals surface area contributed by atoms with Gasteiger partial charge in [-0.1, -0.05) is 0 Å². The zero-order valence-corrected chi connectivity index (χ0v) is 15.2. The monoisotopic (exact) mass is 342 g/mol. The molecule has 2 aromatic rings. The first kappa shape index (κ1) is 17.4. The van der Waals surface area contributed by atoms with Crippen LogP contribution in [0, 0.1) is 6.92 Å². The molecule has 7 heteroatoms. The lowest BCUT2D eigenvalue weighted by molar-refractivity contribution is -0.132. The van der Waals surface area contributed by atoms with Crippen LogP contribution in [-0.2, 0) is 11.3 Å². The molecular formula is C18H26N6O. The van der Waals surface area contributed by atoms with Crippen LogP contribution in [0.25, 0.3) is 0 Å². The Morgan fingerprint density at radius 3 is 2.92 bits per heavy atom. The number of imidazole rings is 1. The first-order valence-electron chi connectivity index (χ1n) is 8.82. The predicted molar refractivity (Wildman–Crippen MR) is 96.2 cm³/mol. The molecule has 1 fully saturated rings. The zero-order valence-electron chi connectivity index (χ0n) is 15.2. The number of amides is 1. The largest absolute Gasteiger partial charge is 0.363 e. The molecule has 3 rings (SSSR count). The Bertz CT molecular complexity index is 712. The van der Waals surface area contributed by atoms with Gasteiger partial charge in [0.25, 0.3) is 0 Å². The molecule has 0 bridgehead atoms. The summed E-state index contributed by atoms with van der Waals surface area (Å²) in [4.78, 5) is 29.8. The second-order valence-electron chi connectivity index (χ2n) is 6.74. The van der Waals surface area contributed by atoms with Crippen molar-refractivity contribution in [2.45, 2.75) is 45.2 Å². The molecule has 0 aromatic carbocycles. The summed E-state index contributed by atoms with van der Waals surface area (Å²) >= 11 is 0. The van der Waals surface area contributed by atoms with Gasteiger partial charge in [-0.2, -0.15) is 0 Å². The molecule has 0 N–H and O–H groups in total. The number of anilines is 1. The van der Waals surface area contributed by atoms with E-state index in [0.29, 0.717) is 6.42 Å². The summed E-state index contributed by atoms with van der Waals surface area (Å²) in [5.74, 6) is 1.85. The van der Waals surface area contributed by atoms with Crippen LogP contribution < -0.4 is 4.90 Å². The normalized spacial score (nSPS) is 17.1. The fourth-order valence-electron chi connectivity index (χ4n) is 3.32. The minimum atomic E-state index is 0.0705. The van der Waals surface area contributed by atoms with Gasteiger partial charge in [-0.3, -0.25) is 4.79 Å². The lowest BCUT2D eigenvalue weighted by Gasteiger charge is -2.25. The van der Waals surface area contributed by atoms with E-state index in [-0.39, 0.29) is 11.9 Å². The topological polar surface area (TPSA) is 67.2 Å². The van der Waals surface area contributed by atoms with Gasteiger partial charge in [0.1, 0.15) is 11.6 Å². The highest BCUT2D eigenvalue weighted by Gasteiger charge is 2.31. The quantitative estimate of drug-likeness (QED) is 0.805. The zero-order chi connectivity index (χ0) is 17.8. The van der Waals surface area contributed by atoms with Crippen molar-refractivity contribution in [1.29, 1.82) is 0 Å². The predicted octanol–water partition coefficient (Wildman–Crippen LogP) is 2.19. The Kier molecular flexibility index (Phi) is 5.31. The maximum Gasteiger partial charge on any atom is 0.223 e. The highest BCUT2D eigenvalue weighted by Crippen LogP contribution is 2.32. The molecule has 0 saturated carbocycles. The van der Waals surface area contributed by atoms with Gasteiger partial charge >= 0.3 is 0 Å². The molecule has 25 heavy (non-hydrogen) atoms. The average Bonchev–Trinajstić information content (AvgIpc) is 3.25. The molecule has 0 radical (unpaired) electrons. The van der Waals surface area contributed by atoms with E-state index in [9.17, 15) is 4.79 Å². The van der Waals surface area contributed by atoms with E-state index in [1.165, 1.54) is 0 Å². The number of carbonyl (C=O) groups is 1. The molecular weight excluding hydrogens is 316 g/mol. The molecule has 0 aliphatic carbocycles. The van der Waals surface area contributed by atoms with Crippen molar-refractivity contribution in [3.05, 3.63) is 36.3 Å². The van der Waals surface area contributed by atoms with Gasteiger partial charge in [0, 0.05) is 52.1 Å². The maximum absolute atomic E-state index is 12.7. The molecule has 7 nitrogen and oxygen atoms in total. The fraction of sp³-hybridized carbons (Fsp3) is 0.556. The van der Waals surface area contributed by atoms with Crippen molar-refractivity contribution >= 4 is 11.7 Å². The average molecular weight is 342 g/mol. The van der Waals surface area contributed by atoms with E-state index in [1.54, 1.807) is 12.5 Å². The smallest absolute Gasteiger partial charge is 0.223 e. The lowest BCUT2D eigenvalue weighted by atomic mass is 10.1. The number of hydrogen-bond donors (Lipinski definition) is 0. The van der Waals surface area contributed by atoms with Crippen LogP contribution in [0.5, 0.6) is 0 Å². The van der Waals surface area contributed by atoms with Gasteiger partial charge in [-0.25, -0.2) is 15.0 Å². The molecule has 2 aromatic heterocycles. The van der Waals surface area contributed by atoms with Gasteiger partial charge in [-0.15, -0.1) is 0 Å². The Morgan fingerprint density at radius 2 is 2.20 bits per heavy atom. The number of hydrogen-bond acceptors (Lipinski definition) is 5. The third-order valence-electron chi connectivity index (χ3n) is 4.58. The SMILES string of the molecule is Cc1nc([C@H]2CCCN2C(=O)CCCn2ccnc2)cc(N(C)C)n1. The number of carbonyl (C=O) groups excluding carboxylic acids is 1. The van der Waals surface area contributed by atoms with Gasteiger partial charge < -0.3 is 14.4 Å². The summed E-state index contributed by atoms with van der Waals surface area (Å²) in [5, 5.41) is 0. The Balaban J connectivity index is 1.66. The number of likely N-dealkylation sites (tertiary alicyclic amines) is 1. The summed E-state index contributed by atoms with van der Waals surface area (Å²) in [7, 11) is 3.94. The van der Waals surface area contributed by atoms with Crippen molar-refractivity contribution in [1.82, 2.24) is 24.4 Å². The summed E-state index contributed by atoms with van der Waals surface area (Å²) in [6.45, 7) is 3.54. The van der Waals surface area contributed by atoms with Gasteiger partial charge in [0.05, 0.1) is 18.1 Å². The molecule has 134 valence electrons. The van der Waals surface area contributed by atoms with E-state index in [2.05, 4.69) is 15.0 Å². The second kappa shape index (κ2) is 7.63. The Labute approximate surface area is 148 Å². The highest BCUT2D eigenvalue weighted by atomic mass is 16.2. The lowest BCUT2D eigenvalue weighted by Crippen LogP contribution is -2.31. The van der Waals surface area contributed by atoms with Crippen molar-refractivity contribution in [2.24, 2.45) is 0 Å². The van der Waals surface area contributed by atoms with Crippen LogP contribution in [0.15, 0.2) is 24.8 Å². The van der Waals surface area contributed by atoms with Crippen LogP contribution in [-0.4, -0.2) is 51.0 Å². The standard InChI is InChI=1S/C18H26N6O/c1-14-20-15(12-17(21-14)22(2)3)16-6-4-10-24(16)18(25)7-5-9-23-11-8-19-13-23/h8,11-13,16H,4-7,9-10H2,1-3H3/t16-/m1/s1. The van der Waals surface area contributed by atoms with Crippen LogP contribution in [0.2, 0.25) is 0 Å². The Morgan fingerprint density at radius 1 is 1.36 bits per heavy atom. The molecule has 3 heterocycles. The van der Waals surface area contributed by atoms with E-state index in [0.717, 1.165) is 49.7 Å². The summed E-state index contributed by atoms with van der Waals surface area (Å²) in [6, 6.07) is 2.08. The van der Waals surface area contributed by atoms with Crippen LogP contribution >= 0.6 is 0 Å². The molecule has 1 amide bonds. The molecule has 1 atom stereocenters. The van der Waals surface area contributed by atoms with Crippen molar-refractivity contribution in [2.75, 3.05) is 25.5 Å². The van der Waals surface area contributed by atoms with Gasteiger partial charge in [0.2, 0.25) is 5.91 Å². The highest BCUT2D eigenvalue weighted by molar-refractivity contribution is 5.77. The maximum atomic E-state index is 12.7. The molecule has 1 aliphatic heterocycles. The third kappa shape index (κ3) is 4.15. The first-order valence-corrected chi connectivity index (χ1v) is 8.82. The number of nitrogens with zero attached hydrogens (tertiary/aromatic N) is 6. The minimum Gasteiger partial charge on any atom is -0.363 e. The van der Waals surface area contributed by atoms with E-state index >= 15 is 0 Å². The van der Waals surface area contributed by atoms with Gasteiger partial charge in [-0.05, 0) is 26.2 Å². The third-order valence-corrected chi connectivity index (χ3v) is 4.58. The molecule has 1 saturated heterocycles.